The molecule has 0 aromatic carbocycles. The third kappa shape index (κ3) is 76.8. The number of rotatable bonds is 69. The van der Waals surface area contributed by atoms with Crippen molar-refractivity contribution in [2.45, 2.75) is 322 Å². The molecule has 0 saturated heterocycles. The third-order valence-corrected chi connectivity index (χ3v) is 17.1. The smallest absolute Gasteiger partial charge is 0.306 e. The molecule has 0 aliphatic rings. The molecule has 532 valence electrons. The van der Waals surface area contributed by atoms with E-state index in [0.29, 0.717) is 17.4 Å². The standard InChI is InChI=1S/C83H142NO8P/c1-6-8-10-12-14-16-18-20-22-24-26-28-30-32-34-36-37-38-39-40-41-42-43-44-45-46-47-48-50-52-54-56-58-60-62-64-66-68-70-72-74-76-83(86)92-81(80-91-93(87,88)90-78-77-84(3,4)5)79-89-82(85)75-73-71-69-67-65-63-61-59-57-55-53-51-49-35-33-31-29-27-25-23-21-19-17-15-13-11-9-7-2/h8,10,14,16,20,22,26,28,32,34,37-38,40-41,43-44,46-47,50,52,56,58,62,64,81H,6-7,9,11-13,15,17-19,21,23-25,27,29-31,33,35-36,39,42,45,48-49,51,53-55,57,59-61,63,65-80H2,1-5H3/b10-8-,16-14-,22-20-,28-26-,34-32-,38-37-,41-40-,44-43-,47-46-,52-50-,58-56-,64-62-. The van der Waals surface area contributed by atoms with E-state index in [1.165, 1.54) is 161 Å². The van der Waals surface area contributed by atoms with Crippen LogP contribution >= 0.6 is 7.82 Å². The summed E-state index contributed by atoms with van der Waals surface area (Å²) in [6, 6.07) is 0. The van der Waals surface area contributed by atoms with E-state index in [2.05, 4.69) is 160 Å². The Morgan fingerprint density at radius 3 is 0.914 bits per heavy atom. The molecule has 2 unspecified atom stereocenters. The maximum atomic E-state index is 12.9. The molecule has 0 radical (unpaired) electrons. The van der Waals surface area contributed by atoms with E-state index in [-0.39, 0.29) is 32.0 Å². The molecule has 9 nitrogen and oxygen atoms in total. The van der Waals surface area contributed by atoms with Crippen LogP contribution in [0.5, 0.6) is 0 Å². The Bertz CT molecular complexity index is 2080. The predicted octanol–water partition coefficient (Wildman–Crippen LogP) is 24.7. The van der Waals surface area contributed by atoms with Crippen LogP contribution in [-0.2, 0) is 32.7 Å². The monoisotopic (exact) mass is 1310 g/mol. The summed E-state index contributed by atoms with van der Waals surface area (Å²) >= 11 is 0. The first-order chi connectivity index (χ1) is 45.5. The van der Waals surface area contributed by atoms with E-state index < -0.39 is 26.5 Å². The van der Waals surface area contributed by atoms with Gasteiger partial charge in [-0.15, -0.1) is 0 Å². The highest BCUT2D eigenvalue weighted by Gasteiger charge is 2.22. The zero-order valence-electron chi connectivity index (χ0n) is 60.7. The summed E-state index contributed by atoms with van der Waals surface area (Å²) in [5.41, 5.74) is 0. The maximum absolute atomic E-state index is 12.9. The zero-order valence-corrected chi connectivity index (χ0v) is 61.6. The molecule has 0 fully saturated rings. The van der Waals surface area contributed by atoms with E-state index in [0.717, 1.165) is 122 Å². The molecule has 0 aromatic rings. The average molecular weight is 1310 g/mol. The average Bonchev–Trinajstić information content (AvgIpc) is 2.30. The number of likely N-dealkylation sites (N-methyl/N-ethyl adjacent to an activating group) is 1. The summed E-state index contributed by atoms with van der Waals surface area (Å²) in [5, 5.41) is 0. The lowest BCUT2D eigenvalue weighted by Gasteiger charge is -2.28. The second-order valence-electron chi connectivity index (χ2n) is 26.3. The first-order valence-corrected chi connectivity index (χ1v) is 39.5. The van der Waals surface area contributed by atoms with E-state index in [1.54, 1.807) is 0 Å². The molecule has 10 heteroatoms. The van der Waals surface area contributed by atoms with Gasteiger partial charge in [0.2, 0.25) is 0 Å². The molecule has 0 aliphatic heterocycles. The lowest BCUT2D eigenvalue weighted by atomic mass is 10.0. The topological polar surface area (TPSA) is 111 Å². The van der Waals surface area contributed by atoms with E-state index in [9.17, 15) is 19.0 Å². The Balaban J connectivity index is 4.12. The van der Waals surface area contributed by atoms with Gasteiger partial charge in [-0.3, -0.25) is 14.2 Å². The minimum atomic E-state index is -4.66. The third-order valence-electron chi connectivity index (χ3n) is 16.1. The summed E-state index contributed by atoms with van der Waals surface area (Å²) in [7, 11) is 1.14. The van der Waals surface area contributed by atoms with Gasteiger partial charge in [-0.05, 0) is 103 Å². The number of phosphoric ester groups is 1. The number of quaternary nitrogens is 1. The van der Waals surface area contributed by atoms with Crippen LogP contribution in [0.4, 0.5) is 0 Å². The van der Waals surface area contributed by atoms with Crippen molar-refractivity contribution in [1.29, 1.82) is 0 Å². The van der Waals surface area contributed by atoms with Gasteiger partial charge in [-0.1, -0.05) is 346 Å². The van der Waals surface area contributed by atoms with E-state index in [1.807, 2.05) is 21.1 Å². The van der Waals surface area contributed by atoms with Crippen LogP contribution in [0.25, 0.3) is 0 Å². The molecule has 0 saturated carbocycles. The maximum Gasteiger partial charge on any atom is 0.306 e. The van der Waals surface area contributed by atoms with Crippen molar-refractivity contribution in [1.82, 2.24) is 0 Å². The van der Waals surface area contributed by atoms with Gasteiger partial charge in [0.05, 0.1) is 27.7 Å². The van der Waals surface area contributed by atoms with Crippen molar-refractivity contribution < 1.29 is 42.1 Å². The number of nitrogens with zero attached hydrogens (tertiary/aromatic N) is 1. The molecule has 0 N–H and O–H groups in total. The number of hydrogen-bond donors (Lipinski definition) is 0. The van der Waals surface area contributed by atoms with Crippen molar-refractivity contribution in [3.8, 4) is 0 Å². The first-order valence-electron chi connectivity index (χ1n) is 38.0. The number of allylic oxidation sites excluding steroid dienone is 24. The highest BCUT2D eigenvalue weighted by Crippen LogP contribution is 2.38. The molecule has 0 bridgehead atoms. The van der Waals surface area contributed by atoms with Gasteiger partial charge in [0.1, 0.15) is 19.8 Å². The van der Waals surface area contributed by atoms with Crippen LogP contribution in [0.15, 0.2) is 146 Å². The normalized spacial score (nSPS) is 13.9. The Morgan fingerprint density at radius 1 is 0.344 bits per heavy atom. The lowest BCUT2D eigenvalue weighted by molar-refractivity contribution is -0.870. The largest absolute Gasteiger partial charge is 0.756 e. The predicted molar refractivity (Wildman–Crippen MR) is 401 cm³/mol. The van der Waals surface area contributed by atoms with Crippen LogP contribution in [0.1, 0.15) is 316 Å². The summed E-state index contributed by atoms with van der Waals surface area (Å²) < 4.78 is 34.3. The second kappa shape index (κ2) is 72.2. The highest BCUT2D eigenvalue weighted by atomic mass is 31.2. The Kier molecular flexibility index (Phi) is 69.0. The lowest BCUT2D eigenvalue weighted by Crippen LogP contribution is -2.37. The van der Waals surface area contributed by atoms with Crippen LogP contribution < -0.4 is 4.89 Å². The summed E-state index contributed by atoms with van der Waals surface area (Å²) in [5.74, 6) is -0.860. The number of ether oxygens (including phenoxy) is 2. The van der Waals surface area contributed by atoms with Gasteiger partial charge in [-0.25, -0.2) is 0 Å². The van der Waals surface area contributed by atoms with Crippen molar-refractivity contribution in [3.63, 3.8) is 0 Å². The Hall–Kier alpha value is -4.11. The number of carbonyl (C=O) groups excluding carboxylic acids is 2. The number of carbonyl (C=O) groups is 2. The van der Waals surface area contributed by atoms with Gasteiger partial charge in [0.15, 0.2) is 6.10 Å². The fourth-order valence-electron chi connectivity index (χ4n) is 10.3. The number of phosphoric acid groups is 1. The van der Waals surface area contributed by atoms with E-state index >= 15 is 0 Å². The van der Waals surface area contributed by atoms with Gasteiger partial charge < -0.3 is 27.9 Å². The van der Waals surface area contributed by atoms with Crippen molar-refractivity contribution in [3.05, 3.63) is 146 Å². The number of hydrogen-bond acceptors (Lipinski definition) is 8. The molecule has 0 rings (SSSR count). The van der Waals surface area contributed by atoms with Crippen LogP contribution in [-0.4, -0.2) is 70.0 Å². The fourth-order valence-corrected chi connectivity index (χ4v) is 11.1. The van der Waals surface area contributed by atoms with Crippen LogP contribution in [0.3, 0.4) is 0 Å². The molecule has 0 aliphatic carbocycles. The fraction of sp³-hybridized carbons (Fsp3) is 0.687. The molecule has 0 aromatic heterocycles. The van der Waals surface area contributed by atoms with Crippen molar-refractivity contribution in [2.24, 2.45) is 0 Å². The molecule has 0 heterocycles. The molecule has 2 atom stereocenters. The summed E-state index contributed by atoms with van der Waals surface area (Å²) in [4.78, 5) is 38.1. The van der Waals surface area contributed by atoms with Crippen LogP contribution in [0, 0.1) is 0 Å². The SMILES string of the molecule is CC/C=C\C/C=C\C/C=C\C/C=C\C/C=C\C/C=C\C/C=C\C/C=C\C/C=C\C/C=C\C/C=C\C/C=C\CCCCCCC(=O)OC(COC(=O)CCCCCCCCCCCCCCCCCCCCCCCCCCCCCC)COP(=O)([O-])OCC[N+](C)(C)C. The molecule has 0 amide bonds. The second-order valence-corrected chi connectivity index (χ2v) is 27.7. The zero-order chi connectivity index (χ0) is 67.6. The molecular formula is C83H142NO8P. The highest BCUT2D eigenvalue weighted by molar-refractivity contribution is 7.45. The quantitative estimate of drug-likeness (QED) is 0.0195. The van der Waals surface area contributed by atoms with Gasteiger partial charge in [-0.2, -0.15) is 0 Å². The first kappa shape index (κ1) is 88.9. The van der Waals surface area contributed by atoms with Gasteiger partial charge in [0, 0.05) is 12.8 Å². The Morgan fingerprint density at radius 2 is 0.613 bits per heavy atom. The van der Waals surface area contributed by atoms with Gasteiger partial charge >= 0.3 is 11.9 Å². The van der Waals surface area contributed by atoms with Crippen molar-refractivity contribution >= 4 is 19.8 Å². The van der Waals surface area contributed by atoms with Crippen LogP contribution in [0.2, 0.25) is 0 Å². The molecular weight excluding hydrogens is 1170 g/mol. The molecule has 0 spiro atoms. The van der Waals surface area contributed by atoms with Crippen molar-refractivity contribution in [2.75, 3.05) is 47.5 Å². The number of unbranched alkanes of at least 4 members (excludes halogenated alkanes) is 31. The van der Waals surface area contributed by atoms with Gasteiger partial charge in [0.25, 0.3) is 7.82 Å². The van der Waals surface area contributed by atoms with E-state index in [4.69, 9.17) is 18.5 Å². The summed E-state index contributed by atoms with van der Waals surface area (Å²) in [6.45, 7) is 4.12. The minimum absolute atomic E-state index is 0.0417. The number of esters is 2. The summed E-state index contributed by atoms with van der Waals surface area (Å²) in [6.07, 6.45) is 107. The minimum Gasteiger partial charge on any atom is -0.756 e. The molecule has 93 heavy (non-hydrogen) atoms. The Labute approximate surface area is 573 Å².